The molecule has 0 aromatic heterocycles. The molecule has 14 heavy (non-hydrogen) atoms. The highest BCUT2D eigenvalue weighted by Gasteiger charge is 2.42. The first kappa shape index (κ1) is 12.0. The molecule has 0 radical (unpaired) electrons. The number of rotatable bonds is 6. The van der Waals surface area contributed by atoms with Gasteiger partial charge < -0.3 is 4.90 Å². The Morgan fingerprint density at radius 2 is 2.21 bits per heavy atom. The lowest BCUT2D eigenvalue weighted by Gasteiger charge is -2.25. The first-order chi connectivity index (χ1) is 6.65. The van der Waals surface area contributed by atoms with E-state index in [0.717, 1.165) is 25.0 Å². The number of nitrogens with zero attached hydrogens (tertiary/aromatic N) is 2. The van der Waals surface area contributed by atoms with E-state index in [9.17, 15) is 0 Å². The van der Waals surface area contributed by atoms with E-state index in [2.05, 4.69) is 33.8 Å². The van der Waals surface area contributed by atoms with E-state index in [1.165, 1.54) is 12.8 Å². The highest BCUT2D eigenvalue weighted by atomic mass is 79.9. The number of alkyl halides is 1. The molecule has 0 aromatic rings. The average molecular weight is 259 g/mol. The molecule has 2 nitrogen and oxygen atoms in total. The molecule has 1 aliphatic carbocycles. The predicted molar refractivity (Wildman–Crippen MR) is 62.4 cm³/mol. The van der Waals surface area contributed by atoms with Crippen LogP contribution in [0.25, 0.3) is 0 Å². The maximum atomic E-state index is 8.76. The van der Waals surface area contributed by atoms with Gasteiger partial charge in [-0.25, -0.2) is 0 Å². The molecule has 80 valence electrons. The Hall–Kier alpha value is -0.0700. The minimum absolute atomic E-state index is 0.154. The van der Waals surface area contributed by atoms with Crippen molar-refractivity contribution in [3.8, 4) is 6.07 Å². The molecule has 0 bridgehead atoms. The number of nitriles is 1. The maximum Gasteiger partial charge on any atom is 0.0666 e. The maximum absolute atomic E-state index is 8.76. The largest absolute Gasteiger partial charge is 0.302 e. The summed E-state index contributed by atoms with van der Waals surface area (Å²) in [4.78, 5) is 2.40. The van der Waals surface area contributed by atoms with Gasteiger partial charge in [0.15, 0.2) is 0 Å². The summed E-state index contributed by atoms with van der Waals surface area (Å²) in [6, 6.07) is 2.30. The summed E-state index contributed by atoms with van der Waals surface area (Å²) < 4.78 is 0. The summed E-state index contributed by atoms with van der Waals surface area (Å²) in [5, 5.41) is 9.87. The van der Waals surface area contributed by atoms with E-state index >= 15 is 0 Å². The molecule has 1 rings (SSSR count). The zero-order chi connectivity index (χ0) is 10.6. The van der Waals surface area contributed by atoms with Crippen LogP contribution in [0.4, 0.5) is 0 Å². The third-order valence-corrected chi connectivity index (χ3v) is 4.19. The van der Waals surface area contributed by atoms with E-state index in [4.69, 9.17) is 5.26 Å². The lowest BCUT2D eigenvalue weighted by atomic mass is 10.1. The molecule has 1 fully saturated rings. The summed E-state index contributed by atoms with van der Waals surface area (Å²) in [5.41, 5.74) is 0.533. The SMILES string of the molecule is CCN(CC(C)C#N)CC1(CBr)CC1. The molecule has 0 spiro atoms. The Morgan fingerprint density at radius 3 is 2.57 bits per heavy atom. The molecule has 3 heteroatoms. The Bertz CT molecular complexity index is 218. The third-order valence-electron chi connectivity index (χ3n) is 3.00. The van der Waals surface area contributed by atoms with Gasteiger partial charge in [0.2, 0.25) is 0 Å². The zero-order valence-electron chi connectivity index (χ0n) is 9.09. The Balaban J connectivity index is 2.36. The summed E-state index contributed by atoms with van der Waals surface area (Å²) in [7, 11) is 0. The Kier molecular flexibility index (Phi) is 4.40. The van der Waals surface area contributed by atoms with Crippen LogP contribution >= 0.6 is 15.9 Å². The van der Waals surface area contributed by atoms with Crippen molar-refractivity contribution >= 4 is 15.9 Å². The van der Waals surface area contributed by atoms with Crippen LogP contribution in [0.15, 0.2) is 0 Å². The van der Waals surface area contributed by atoms with Crippen LogP contribution in [0.5, 0.6) is 0 Å². The average Bonchev–Trinajstić information content (AvgIpc) is 2.97. The highest BCUT2D eigenvalue weighted by Crippen LogP contribution is 2.47. The summed E-state index contributed by atoms with van der Waals surface area (Å²) in [6.45, 7) is 7.30. The van der Waals surface area contributed by atoms with Crippen LogP contribution in [0.3, 0.4) is 0 Å². The van der Waals surface area contributed by atoms with Crippen LogP contribution in [0, 0.1) is 22.7 Å². The number of hydrogen-bond acceptors (Lipinski definition) is 2. The van der Waals surface area contributed by atoms with Crippen molar-refractivity contribution in [2.24, 2.45) is 11.3 Å². The van der Waals surface area contributed by atoms with Gasteiger partial charge >= 0.3 is 0 Å². The predicted octanol–water partition coefficient (Wildman–Crippen LogP) is 2.64. The lowest BCUT2D eigenvalue weighted by Crippen LogP contribution is -2.34. The molecule has 1 saturated carbocycles. The van der Waals surface area contributed by atoms with Gasteiger partial charge in [-0.05, 0) is 31.7 Å². The van der Waals surface area contributed by atoms with Crippen LogP contribution in [0.1, 0.15) is 26.7 Å². The fraction of sp³-hybridized carbons (Fsp3) is 0.909. The molecule has 0 saturated heterocycles. The molecule has 0 heterocycles. The standard InChI is InChI=1S/C11H19BrN2/c1-3-14(7-10(2)6-13)9-11(8-12)4-5-11/h10H,3-5,7-9H2,1-2H3. The molecule has 0 aliphatic heterocycles. The van der Waals surface area contributed by atoms with E-state index in [0.29, 0.717) is 5.41 Å². The van der Waals surface area contributed by atoms with Crippen molar-refractivity contribution in [3.05, 3.63) is 0 Å². The molecular weight excluding hydrogens is 240 g/mol. The number of halogens is 1. The van der Waals surface area contributed by atoms with Crippen molar-refractivity contribution in [2.45, 2.75) is 26.7 Å². The normalized spacial score (nSPS) is 20.5. The van der Waals surface area contributed by atoms with E-state index in [1.807, 2.05) is 6.92 Å². The minimum Gasteiger partial charge on any atom is -0.302 e. The van der Waals surface area contributed by atoms with Gasteiger partial charge in [-0.1, -0.05) is 22.9 Å². The second kappa shape index (κ2) is 5.14. The summed E-state index contributed by atoms with van der Waals surface area (Å²) >= 11 is 3.58. The lowest BCUT2D eigenvalue weighted by molar-refractivity contribution is 0.227. The summed E-state index contributed by atoms with van der Waals surface area (Å²) in [5.74, 6) is 0.154. The molecule has 1 atom stereocenters. The van der Waals surface area contributed by atoms with Crippen LogP contribution in [0.2, 0.25) is 0 Å². The van der Waals surface area contributed by atoms with E-state index in [-0.39, 0.29) is 5.92 Å². The van der Waals surface area contributed by atoms with Crippen LogP contribution < -0.4 is 0 Å². The van der Waals surface area contributed by atoms with Crippen LogP contribution in [-0.2, 0) is 0 Å². The topological polar surface area (TPSA) is 27.0 Å². The van der Waals surface area contributed by atoms with E-state index in [1.54, 1.807) is 0 Å². The molecule has 0 amide bonds. The monoisotopic (exact) mass is 258 g/mol. The Morgan fingerprint density at radius 1 is 1.57 bits per heavy atom. The van der Waals surface area contributed by atoms with Crippen molar-refractivity contribution in [1.82, 2.24) is 4.90 Å². The van der Waals surface area contributed by atoms with Gasteiger partial charge in [0.25, 0.3) is 0 Å². The van der Waals surface area contributed by atoms with Crippen molar-refractivity contribution < 1.29 is 0 Å². The molecule has 1 unspecified atom stereocenters. The van der Waals surface area contributed by atoms with Crippen LogP contribution in [-0.4, -0.2) is 29.9 Å². The quantitative estimate of drug-likeness (QED) is 0.686. The number of hydrogen-bond donors (Lipinski definition) is 0. The van der Waals surface area contributed by atoms with Crippen molar-refractivity contribution in [2.75, 3.05) is 25.0 Å². The second-order valence-electron chi connectivity index (χ2n) is 4.49. The first-order valence-corrected chi connectivity index (χ1v) is 6.46. The second-order valence-corrected chi connectivity index (χ2v) is 5.05. The van der Waals surface area contributed by atoms with Gasteiger partial charge in [-0.3, -0.25) is 0 Å². The fourth-order valence-corrected chi connectivity index (χ4v) is 2.46. The van der Waals surface area contributed by atoms with E-state index < -0.39 is 0 Å². The first-order valence-electron chi connectivity index (χ1n) is 5.34. The molecular formula is C11H19BrN2. The van der Waals surface area contributed by atoms with Crippen molar-refractivity contribution in [3.63, 3.8) is 0 Å². The fourth-order valence-electron chi connectivity index (χ4n) is 1.72. The third kappa shape index (κ3) is 3.25. The molecule has 0 N–H and O–H groups in total. The van der Waals surface area contributed by atoms with Gasteiger partial charge in [0.05, 0.1) is 12.0 Å². The highest BCUT2D eigenvalue weighted by molar-refractivity contribution is 9.09. The smallest absolute Gasteiger partial charge is 0.0666 e. The van der Waals surface area contributed by atoms with Gasteiger partial charge in [-0.2, -0.15) is 5.26 Å². The Labute approximate surface area is 95.4 Å². The zero-order valence-corrected chi connectivity index (χ0v) is 10.7. The molecule has 0 aromatic carbocycles. The summed E-state index contributed by atoms with van der Waals surface area (Å²) in [6.07, 6.45) is 2.69. The van der Waals surface area contributed by atoms with Gasteiger partial charge in [0.1, 0.15) is 0 Å². The minimum atomic E-state index is 0.154. The molecule has 1 aliphatic rings. The van der Waals surface area contributed by atoms with Gasteiger partial charge in [-0.15, -0.1) is 0 Å². The van der Waals surface area contributed by atoms with Crippen molar-refractivity contribution in [1.29, 1.82) is 5.26 Å². The van der Waals surface area contributed by atoms with Gasteiger partial charge in [0, 0.05) is 18.4 Å².